The molecule has 14 heteroatoms. The SMILES string of the molecule is CC(C)(C)OC(=O)COC[C@H]1O[C@H](O[C@]2(COCc3ccccc3)O[C@H](CO[Si](C)(C)C(C)(C)C)[C@@H](OCc3ccccc3)[C@@H]2OCc2ccccc2)[C@H](OCc2ccccc2)[C@@H](OCc2ccccc2)[C@@H]1OCc1ccccc1. The van der Waals surface area contributed by atoms with Crippen molar-refractivity contribution in [2.45, 2.75) is 160 Å². The van der Waals surface area contributed by atoms with Gasteiger partial charge in [-0.1, -0.05) is 203 Å². The Hall–Kier alpha value is -5.43. The maximum absolute atomic E-state index is 13.3. The molecule has 0 unspecified atom stereocenters. The third kappa shape index (κ3) is 17.8. The summed E-state index contributed by atoms with van der Waals surface area (Å²) in [7, 11) is -2.39. The standard InChI is InChI=1S/C66H82O13Si/c1-64(2,3)78-57(67)47-68-45-55-58(70-40-50-29-17-10-18-30-50)60(72-42-52-33-21-12-22-34-52)61(73-43-53-35-23-13-24-36-53)63(76-55)79-66(48-69-39-49-27-15-9-16-28-49)62(74-44-54-37-25-14-26-38-54)59(71-41-51-31-19-11-20-32-51)56(77-66)46-75-80(7,8)65(4,5)6/h9-38,55-56,58-63H,39-48H2,1-8H3/t55-,56-,58-,59-,60+,61-,62+,63-,66+/m1/s1. The van der Waals surface area contributed by atoms with Gasteiger partial charge in [0.15, 0.2) is 14.6 Å². The first-order valence-electron chi connectivity index (χ1n) is 27.9. The molecule has 6 aromatic carbocycles. The highest BCUT2D eigenvalue weighted by molar-refractivity contribution is 6.74. The Bertz CT molecular complexity index is 2710. The Morgan fingerprint density at radius 2 is 0.875 bits per heavy atom. The number of hydrogen-bond acceptors (Lipinski definition) is 13. The fourth-order valence-electron chi connectivity index (χ4n) is 9.35. The molecule has 0 amide bonds. The van der Waals surface area contributed by atoms with Gasteiger partial charge in [-0.15, -0.1) is 0 Å². The van der Waals surface area contributed by atoms with Crippen LogP contribution >= 0.6 is 0 Å². The van der Waals surface area contributed by atoms with Gasteiger partial charge in [0.25, 0.3) is 0 Å². The maximum atomic E-state index is 13.3. The lowest BCUT2D eigenvalue weighted by molar-refractivity contribution is -0.398. The van der Waals surface area contributed by atoms with Gasteiger partial charge in [-0.3, -0.25) is 0 Å². The Morgan fingerprint density at radius 3 is 1.31 bits per heavy atom. The Balaban J connectivity index is 1.26. The largest absolute Gasteiger partial charge is 0.458 e. The van der Waals surface area contributed by atoms with Gasteiger partial charge >= 0.3 is 5.97 Å². The van der Waals surface area contributed by atoms with Crippen LogP contribution in [0.5, 0.6) is 0 Å². The van der Waals surface area contributed by atoms with E-state index in [1.54, 1.807) is 0 Å². The summed E-state index contributed by atoms with van der Waals surface area (Å²) in [5.74, 6) is -2.29. The fraction of sp³-hybridized carbons (Fsp3) is 0.439. The van der Waals surface area contributed by atoms with Gasteiger partial charge in [-0.05, 0) is 72.3 Å². The molecule has 0 saturated carbocycles. The van der Waals surface area contributed by atoms with Gasteiger partial charge in [-0.25, -0.2) is 4.79 Å². The average molecular weight is 1110 g/mol. The molecule has 0 radical (unpaired) electrons. The molecule has 80 heavy (non-hydrogen) atoms. The van der Waals surface area contributed by atoms with Crippen molar-refractivity contribution in [2.24, 2.45) is 0 Å². The molecule has 8 rings (SSSR count). The lowest BCUT2D eigenvalue weighted by atomic mass is 9.97. The summed E-state index contributed by atoms with van der Waals surface area (Å²) in [4.78, 5) is 13.3. The van der Waals surface area contributed by atoms with Crippen LogP contribution in [-0.2, 0) is 101 Å². The second-order valence-electron chi connectivity index (χ2n) is 23.0. The van der Waals surface area contributed by atoms with Gasteiger partial charge in [0.1, 0.15) is 61.5 Å². The van der Waals surface area contributed by atoms with Crippen molar-refractivity contribution in [2.75, 3.05) is 26.4 Å². The summed E-state index contributed by atoms with van der Waals surface area (Å²) in [5.41, 5.74) is 4.90. The van der Waals surface area contributed by atoms with E-state index >= 15 is 0 Å². The zero-order chi connectivity index (χ0) is 56.4. The maximum Gasteiger partial charge on any atom is 0.332 e. The second-order valence-corrected chi connectivity index (χ2v) is 27.9. The van der Waals surface area contributed by atoms with Crippen LogP contribution < -0.4 is 0 Å². The third-order valence-corrected chi connectivity index (χ3v) is 19.0. The van der Waals surface area contributed by atoms with Crippen molar-refractivity contribution in [3.63, 3.8) is 0 Å². The minimum absolute atomic E-state index is 0.116. The van der Waals surface area contributed by atoms with Crippen LogP contribution in [-0.4, -0.2) is 101 Å². The van der Waals surface area contributed by atoms with Gasteiger partial charge < -0.3 is 56.5 Å². The highest BCUT2D eigenvalue weighted by Gasteiger charge is 2.62. The van der Waals surface area contributed by atoms with E-state index in [-0.39, 0.29) is 71.1 Å². The van der Waals surface area contributed by atoms with Crippen molar-refractivity contribution in [1.82, 2.24) is 0 Å². The first-order chi connectivity index (χ1) is 38.5. The van der Waals surface area contributed by atoms with Gasteiger partial charge in [-0.2, -0.15) is 0 Å². The van der Waals surface area contributed by atoms with Crippen molar-refractivity contribution in [3.8, 4) is 0 Å². The summed E-state index contributed by atoms with van der Waals surface area (Å²) in [5, 5.41) is -0.116. The average Bonchev–Trinajstić information content (AvgIpc) is 3.97. The van der Waals surface area contributed by atoms with Crippen LogP contribution in [0.15, 0.2) is 182 Å². The number of ether oxygens (including phenoxy) is 11. The number of carbonyl (C=O) groups is 1. The van der Waals surface area contributed by atoms with Crippen molar-refractivity contribution in [3.05, 3.63) is 215 Å². The minimum Gasteiger partial charge on any atom is -0.458 e. The van der Waals surface area contributed by atoms with Crippen molar-refractivity contribution < 1.29 is 61.3 Å². The molecule has 2 heterocycles. The summed E-state index contributed by atoms with van der Waals surface area (Å²) in [6, 6.07) is 59.7. The van der Waals surface area contributed by atoms with Crippen LogP contribution in [0.2, 0.25) is 18.1 Å². The number of rotatable bonds is 28. The predicted molar refractivity (Wildman–Crippen MR) is 308 cm³/mol. The van der Waals surface area contributed by atoms with E-state index in [0.717, 1.165) is 33.4 Å². The summed E-state index contributed by atoms with van der Waals surface area (Å²) in [6.45, 7) is 17.3. The summed E-state index contributed by atoms with van der Waals surface area (Å²) in [6.07, 6.45) is -7.40. The van der Waals surface area contributed by atoms with Gasteiger partial charge in [0.05, 0.1) is 52.9 Å². The topological polar surface area (TPSA) is 128 Å². The Morgan fingerprint density at radius 1 is 0.475 bits per heavy atom. The van der Waals surface area contributed by atoms with Crippen molar-refractivity contribution >= 4 is 14.3 Å². The van der Waals surface area contributed by atoms with E-state index in [1.807, 2.05) is 203 Å². The molecule has 13 nitrogen and oxygen atoms in total. The highest BCUT2D eigenvalue weighted by atomic mass is 28.4. The predicted octanol–water partition coefficient (Wildman–Crippen LogP) is 12.3. The molecule has 2 fully saturated rings. The number of benzene rings is 6. The molecular formula is C66H82O13Si. The van der Waals surface area contributed by atoms with Crippen LogP contribution in [0.1, 0.15) is 74.9 Å². The molecule has 0 bridgehead atoms. The van der Waals surface area contributed by atoms with Crippen molar-refractivity contribution in [1.29, 1.82) is 0 Å². The monoisotopic (exact) mass is 1110 g/mol. The quantitative estimate of drug-likeness (QED) is 0.0342. The summed E-state index contributed by atoms with van der Waals surface area (Å²) >= 11 is 0. The normalized spacial score (nSPS) is 23.4. The first kappa shape index (κ1) is 60.7. The number of esters is 1. The summed E-state index contributed by atoms with van der Waals surface area (Å²) < 4.78 is 83.8. The van der Waals surface area contributed by atoms with Crippen LogP contribution in [0.25, 0.3) is 0 Å². The van der Waals surface area contributed by atoms with E-state index in [2.05, 4.69) is 33.9 Å². The van der Waals surface area contributed by atoms with E-state index in [0.29, 0.717) is 0 Å². The Labute approximate surface area is 475 Å². The molecule has 2 aliphatic heterocycles. The van der Waals surface area contributed by atoms with E-state index in [9.17, 15) is 4.79 Å². The first-order valence-corrected chi connectivity index (χ1v) is 30.8. The highest BCUT2D eigenvalue weighted by Crippen LogP contribution is 2.44. The van der Waals surface area contributed by atoms with E-state index in [4.69, 9.17) is 56.5 Å². The number of hydrogen-bond donors (Lipinski definition) is 0. The van der Waals surface area contributed by atoms with Gasteiger partial charge in [0, 0.05) is 0 Å². The zero-order valence-corrected chi connectivity index (χ0v) is 48.8. The smallest absolute Gasteiger partial charge is 0.332 e. The molecule has 6 aromatic rings. The van der Waals surface area contributed by atoms with E-state index < -0.39 is 74.7 Å². The lowest BCUT2D eigenvalue weighted by Crippen LogP contribution is -2.65. The van der Waals surface area contributed by atoms with E-state index in [1.165, 1.54) is 0 Å². The fourth-order valence-corrected chi connectivity index (χ4v) is 10.4. The molecule has 0 aliphatic carbocycles. The van der Waals surface area contributed by atoms with Crippen LogP contribution in [0.4, 0.5) is 0 Å². The number of carbonyl (C=O) groups excluding carboxylic acids is 1. The molecule has 2 aliphatic rings. The Kier molecular flexibility index (Phi) is 22.0. The molecule has 2 saturated heterocycles. The molecule has 428 valence electrons. The third-order valence-electron chi connectivity index (χ3n) is 14.5. The van der Waals surface area contributed by atoms with Crippen LogP contribution in [0, 0.1) is 0 Å². The molecule has 0 aromatic heterocycles. The van der Waals surface area contributed by atoms with Crippen LogP contribution in [0.3, 0.4) is 0 Å². The molecule has 0 spiro atoms. The zero-order valence-electron chi connectivity index (χ0n) is 47.8. The lowest BCUT2D eigenvalue weighted by Gasteiger charge is -2.48. The minimum atomic E-state index is -2.39. The second kappa shape index (κ2) is 29.0. The van der Waals surface area contributed by atoms with Gasteiger partial charge in [0.2, 0.25) is 5.79 Å². The molecule has 0 N–H and O–H groups in total. The molecular weight excluding hydrogens is 1030 g/mol. The molecule has 9 atom stereocenters.